The minimum absolute atomic E-state index is 0.0145. The van der Waals surface area contributed by atoms with Crippen LogP contribution >= 0.6 is 12.6 Å². The van der Waals surface area contributed by atoms with Crippen molar-refractivity contribution in [2.75, 3.05) is 5.75 Å². The first kappa shape index (κ1) is 31.2. The summed E-state index contributed by atoms with van der Waals surface area (Å²) in [6, 6.07) is -1.13. The Balaban J connectivity index is 4.12. The SMILES string of the molecule is CC(C)NC(=O)C(CS)NC(=O)CCCCCCCC(C)(C)C(=O)N[C@@H](C)C(=O)NC(C)C. The lowest BCUT2D eigenvalue weighted by molar-refractivity contribution is -0.134. The van der Waals surface area contributed by atoms with Gasteiger partial charge in [0.25, 0.3) is 0 Å². The van der Waals surface area contributed by atoms with Crippen molar-refractivity contribution in [3.63, 3.8) is 0 Å². The smallest absolute Gasteiger partial charge is 0.243 e. The molecule has 4 N–H and O–H groups in total. The van der Waals surface area contributed by atoms with E-state index in [1.165, 1.54) is 0 Å². The molecule has 1 unspecified atom stereocenters. The lowest BCUT2D eigenvalue weighted by atomic mass is 9.85. The lowest BCUT2D eigenvalue weighted by Crippen LogP contribution is -2.50. The molecule has 0 radical (unpaired) electrons. The number of unbranched alkanes of at least 4 members (excludes halogenated alkanes) is 4. The fraction of sp³-hybridized carbons (Fsp3) is 0.833. The highest BCUT2D eigenvalue weighted by molar-refractivity contribution is 7.80. The molecular weight excluding hydrogens is 440 g/mol. The minimum atomic E-state index is -0.615. The zero-order valence-electron chi connectivity index (χ0n) is 21.5. The van der Waals surface area contributed by atoms with E-state index in [2.05, 4.69) is 33.9 Å². The second kappa shape index (κ2) is 16.0. The molecule has 0 saturated heterocycles. The van der Waals surface area contributed by atoms with Gasteiger partial charge in [-0.3, -0.25) is 19.2 Å². The van der Waals surface area contributed by atoms with Crippen LogP contribution in [0, 0.1) is 5.41 Å². The van der Waals surface area contributed by atoms with Crippen molar-refractivity contribution in [2.45, 2.75) is 118 Å². The highest BCUT2D eigenvalue weighted by Crippen LogP contribution is 2.24. The number of hydrogen-bond acceptors (Lipinski definition) is 5. The third-order valence-electron chi connectivity index (χ3n) is 5.26. The zero-order valence-corrected chi connectivity index (χ0v) is 22.4. The fourth-order valence-electron chi connectivity index (χ4n) is 3.21. The van der Waals surface area contributed by atoms with Gasteiger partial charge >= 0.3 is 0 Å². The third-order valence-corrected chi connectivity index (χ3v) is 5.62. The first-order chi connectivity index (χ1) is 15.3. The summed E-state index contributed by atoms with van der Waals surface area (Å²) in [4.78, 5) is 48.7. The van der Waals surface area contributed by atoms with E-state index < -0.39 is 17.5 Å². The molecule has 4 amide bonds. The van der Waals surface area contributed by atoms with Crippen LogP contribution in [0.4, 0.5) is 0 Å². The van der Waals surface area contributed by atoms with Gasteiger partial charge < -0.3 is 21.3 Å². The lowest BCUT2D eigenvalue weighted by Gasteiger charge is -2.26. The molecular formula is C24H46N4O4S. The van der Waals surface area contributed by atoms with Crippen molar-refractivity contribution < 1.29 is 19.2 Å². The quantitative estimate of drug-likeness (QED) is 0.170. The molecule has 0 aliphatic carbocycles. The van der Waals surface area contributed by atoms with E-state index in [9.17, 15) is 19.2 Å². The normalized spacial score (nSPS) is 13.4. The number of hydrogen-bond donors (Lipinski definition) is 5. The van der Waals surface area contributed by atoms with Crippen LogP contribution in [0.25, 0.3) is 0 Å². The van der Waals surface area contributed by atoms with E-state index >= 15 is 0 Å². The molecule has 0 heterocycles. The largest absolute Gasteiger partial charge is 0.352 e. The summed E-state index contributed by atoms with van der Waals surface area (Å²) in [6.45, 7) is 13.0. The third kappa shape index (κ3) is 14.2. The van der Waals surface area contributed by atoms with Crippen LogP contribution in [0.5, 0.6) is 0 Å². The van der Waals surface area contributed by atoms with Crippen molar-refractivity contribution in [2.24, 2.45) is 5.41 Å². The molecule has 192 valence electrons. The molecule has 0 aliphatic heterocycles. The monoisotopic (exact) mass is 486 g/mol. The average Bonchev–Trinajstić information content (AvgIpc) is 2.69. The fourth-order valence-corrected chi connectivity index (χ4v) is 3.47. The van der Waals surface area contributed by atoms with Crippen molar-refractivity contribution in [1.82, 2.24) is 21.3 Å². The molecule has 0 aliphatic rings. The number of rotatable bonds is 16. The molecule has 0 aromatic rings. The van der Waals surface area contributed by atoms with Gasteiger partial charge in [0.2, 0.25) is 23.6 Å². The number of nitrogens with one attached hydrogen (secondary N) is 4. The molecule has 0 aromatic heterocycles. The highest BCUT2D eigenvalue weighted by Gasteiger charge is 2.29. The van der Waals surface area contributed by atoms with E-state index in [1.54, 1.807) is 6.92 Å². The Labute approximate surface area is 205 Å². The Morgan fingerprint density at radius 1 is 0.727 bits per heavy atom. The minimum Gasteiger partial charge on any atom is -0.352 e. The standard InChI is InChI=1S/C24H46N4O4S/c1-16(2)25-21(30)18(5)27-23(32)24(6,7)14-12-10-8-9-11-13-20(29)28-19(15-33)22(31)26-17(3)4/h16-19,33H,8-15H2,1-7H3,(H,25,30)(H,26,31)(H,27,32)(H,28,29)/t18-,19?/m0/s1. The van der Waals surface area contributed by atoms with Crippen LogP contribution in [0.2, 0.25) is 0 Å². The van der Waals surface area contributed by atoms with Crippen molar-refractivity contribution in [1.29, 1.82) is 0 Å². The molecule has 9 heteroatoms. The van der Waals surface area contributed by atoms with E-state index in [0.717, 1.165) is 38.5 Å². The summed E-state index contributed by atoms with van der Waals surface area (Å²) in [5, 5.41) is 11.1. The summed E-state index contributed by atoms with van der Waals surface area (Å²) >= 11 is 4.15. The van der Waals surface area contributed by atoms with Crippen molar-refractivity contribution in [3.8, 4) is 0 Å². The molecule has 0 rings (SSSR count). The van der Waals surface area contributed by atoms with Crippen LogP contribution in [-0.2, 0) is 19.2 Å². The molecule has 0 aromatic carbocycles. The van der Waals surface area contributed by atoms with Gasteiger partial charge in [-0.05, 0) is 47.5 Å². The Kier molecular flexibility index (Phi) is 15.1. The van der Waals surface area contributed by atoms with Gasteiger partial charge in [0, 0.05) is 29.7 Å². The second-order valence-electron chi connectivity index (χ2n) is 9.98. The maximum Gasteiger partial charge on any atom is 0.243 e. The summed E-state index contributed by atoms with van der Waals surface area (Å²) in [7, 11) is 0. The number of thiol groups is 1. The molecule has 0 fully saturated rings. The second-order valence-corrected chi connectivity index (χ2v) is 10.3. The highest BCUT2D eigenvalue weighted by atomic mass is 32.1. The van der Waals surface area contributed by atoms with Crippen LogP contribution in [-0.4, -0.2) is 53.5 Å². The van der Waals surface area contributed by atoms with Crippen LogP contribution < -0.4 is 21.3 Å². The van der Waals surface area contributed by atoms with Gasteiger partial charge in [0.15, 0.2) is 0 Å². The molecule has 33 heavy (non-hydrogen) atoms. The van der Waals surface area contributed by atoms with Crippen LogP contribution in [0.3, 0.4) is 0 Å². The predicted octanol–water partition coefficient (Wildman–Crippen LogP) is 2.71. The molecule has 8 nitrogen and oxygen atoms in total. The maximum absolute atomic E-state index is 12.6. The number of carbonyl (C=O) groups is 4. The molecule has 0 bridgehead atoms. The summed E-state index contributed by atoms with van der Waals surface area (Å²) < 4.78 is 0. The predicted molar refractivity (Wildman–Crippen MR) is 136 cm³/mol. The van der Waals surface area contributed by atoms with E-state index in [1.807, 2.05) is 41.5 Å². The Morgan fingerprint density at radius 2 is 1.24 bits per heavy atom. The zero-order chi connectivity index (χ0) is 25.6. The Morgan fingerprint density at radius 3 is 1.79 bits per heavy atom. The number of amides is 4. The van der Waals surface area contributed by atoms with E-state index in [-0.39, 0.29) is 41.5 Å². The van der Waals surface area contributed by atoms with Gasteiger partial charge in [-0.25, -0.2) is 0 Å². The van der Waals surface area contributed by atoms with E-state index in [0.29, 0.717) is 6.42 Å². The number of carbonyl (C=O) groups excluding carboxylic acids is 4. The Bertz CT molecular complexity index is 638. The van der Waals surface area contributed by atoms with Crippen LogP contribution in [0.1, 0.15) is 93.4 Å². The van der Waals surface area contributed by atoms with Gasteiger partial charge in [0.05, 0.1) is 0 Å². The molecule has 2 atom stereocenters. The molecule has 0 spiro atoms. The summed E-state index contributed by atoms with van der Waals surface area (Å²) in [5.74, 6) is -0.393. The van der Waals surface area contributed by atoms with E-state index in [4.69, 9.17) is 0 Å². The van der Waals surface area contributed by atoms with Gasteiger partial charge in [0.1, 0.15) is 12.1 Å². The maximum atomic E-state index is 12.6. The average molecular weight is 487 g/mol. The molecule has 0 saturated carbocycles. The van der Waals surface area contributed by atoms with Crippen molar-refractivity contribution in [3.05, 3.63) is 0 Å². The van der Waals surface area contributed by atoms with Gasteiger partial charge in [-0.2, -0.15) is 12.6 Å². The summed E-state index contributed by atoms with van der Waals surface area (Å²) in [6.07, 6.45) is 5.62. The van der Waals surface area contributed by atoms with Crippen molar-refractivity contribution >= 4 is 36.3 Å². The first-order valence-corrected chi connectivity index (χ1v) is 12.7. The Hall–Kier alpha value is -1.77. The first-order valence-electron chi connectivity index (χ1n) is 12.1. The van der Waals surface area contributed by atoms with Gasteiger partial charge in [-0.1, -0.05) is 39.5 Å². The topological polar surface area (TPSA) is 116 Å². The van der Waals surface area contributed by atoms with Gasteiger partial charge in [-0.15, -0.1) is 0 Å². The van der Waals surface area contributed by atoms with Crippen LogP contribution in [0.15, 0.2) is 0 Å². The summed E-state index contributed by atoms with van der Waals surface area (Å²) in [5.41, 5.74) is -0.551.